The Hall–Kier alpha value is -3.72. The van der Waals surface area contributed by atoms with Crippen molar-refractivity contribution in [2.24, 2.45) is 5.73 Å². The van der Waals surface area contributed by atoms with Gasteiger partial charge in [-0.25, -0.2) is 8.42 Å². The Kier molecular flexibility index (Phi) is 5.60. The summed E-state index contributed by atoms with van der Waals surface area (Å²) in [5.74, 6) is -1.12. The van der Waals surface area contributed by atoms with Gasteiger partial charge in [-0.2, -0.15) is 0 Å². The van der Waals surface area contributed by atoms with Gasteiger partial charge in [0.25, 0.3) is 5.91 Å². The van der Waals surface area contributed by atoms with Crippen molar-refractivity contribution in [3.8, 4) is 16.9 Å². The summed E-state index contributed by atoms with van der Waals surface area (Å²) >= 11 is 0. The summed E-state index contributed by atoms with van der Waals surface area (Å²) in [5, 5.41) is 8.27. The highest BCUT2D eigenvalue weighted by molar-refractivity contribution is 7.90. The van der Waals surface area contributed by atoms with Crippen LogP contribution >= 0.6 is 0 Å². The Morgan fingerprint density at radius 1 is 1.03 bits per heavy atom. The van der Waals surface area contributed by atoms with Crippen LogP contribution in [0.1, 0.15) is 10.4 Å². The Balaban J connectivity index is 1.84. The number of carbonyl (C=O) groups is 1. The first-order valence-electron chi connectivity index (χ1n) is 8.43. The third-order valence-corrected chi connectivity index (χ3v) is 5.09. The summed E-state index contributed by atoms with van der Waals surface area (Å²) in [6, 6.07) is 16.0. The van der Waals surface area contributed by atoms with Crippen LogP contribution in [0.25, 0.3) is 11.1 Å². The lowest BCUT2D eigenvalue weighted by Crippen LogP contribution is -2.43. The smallest absolute Gasteiger partial charge is 0.294 e. The van der Waals surface area contributed by atoms with Crippen LogP contribution < -0.4 is 10.6 Å². The highest BCUT2D eigenvalue weighted by Gasteiger charge is 2.22. The average molecular weight is 410 g/mol. The number of nitrogens with zero attached hydrogens (tertiary/aromatic N) is 2. The van der Waals surface area contributed by atoms with Crippen LogP contribution in [0.3, 0.4) is 0 Å². The molecule has 3 aromatic rings. The van der Waals surface area contributed by atoms with Crippen LogP contribution in [0.15, 0.2) is 78.0 Å². The zero-order valence-corrected chi connectivity index (χ0v) is 16.3. The standard InChI is InChI=1S/C20H18N4O4S/c1-29(26,27)18-4-2-3-16(13-18)19(25)24(20(21)22)28-17-7-5-14(6-8-17)15-9-11-23-12-10-15/h2-13H,1H3,(H3,21,22). The zero-order valence-electron chi connectivity index (χ0n) is 15.4. The van der Waals surface area contributed by atoms with Crippen molar-refractivity contribution in [3.63, 3.8) is 0 Å². The molecular formula is C20H18N4O4S. The van der Waals surface area contributed by atoms with Gasteiger partial charge >= 0.3 is 0 Å². The number of carbonyl (C=O) groups excluding carboxylic acids is 1. The maximum absolute atomic E-state index is 12.7. The molecule has 1 heterocycles. The van der Waals surface area contributed by atoms with Crippen LogP contribution in [-0.2, 0) is 9.84 Å². The molecule has 0 saturated heterocycles. The molecule has 1 amide bonds. The first-order chi connectivity index (χ1) is 13.8. The fourth-order valence-corrected chi connectivity index (χ4v) is 3.20. The number of nitrogens with two attached hydrogens (primary N) is 1. The van der Waals surface area contributed by atoms with Gasteiger partial charge in [0.15, 0.2) is 15.6 Å². The van der Waals surface area contributed by atoms with E-state index >= 15 is 0 Å². The van der Waals surface area contributed by atoms with E-state index in [1.807, 2.05) is 12.1 Å². The fraction of sp³-hybridized carbons (Fsp3) is 0.0500. The van der Waals surface area contributed by atoms with Crippen molar-refractivity contribution in [3.05, 3.63) is 78.6 Å². The highest BCUT2D eigenvalue weighted by Crippen LogP contribution is 2.23. The topological polar surface area (TPSA) is 126 Å². The first kappa shape index (κ1) is 20.0. The second-order valence-corrected chi connectivity index (χ2v) is 8.15. The van der Waals surface area contributed by atoms with Crippen LogP contribution in [-0.4, -0.2) is 36.6 Å². The lowest BCUT2D eigenvalue weighted by atomic mass is 10.1. The van der Waals surface area contributed by atoms with Crippen molar-refractivity contribution in [1.29, 1.82) is 5.41 Å². The minimum atomic E-state index is -3.50. The second kappa shape index (κ2) is 8.11. The Labute approximate surface area is 167 Å². The molecule has 0 fully saturated rings. The SMILES string of the molecule is CS(=O)(=O)c1cccc(C(=O)N(Oc2ccc(-c3ccncc3)cc2)C(=N)N)c1. The monoisotopic (exact) mass is 410 g/mol. The van der Waals surface area contributed by atoms with Gasteiger partial charge in [-0.05, 0) is 53.6 Å². The number of hydrogen-bond acceptors (Lipinski definition) is 6. The maximum Gasteiger partial charge on any atom is 0.294 e. The number of sulfone groups is 1. The lowest BCUT2D eigenvalue weighted by molar-refractivity contribution is 0.0153. The van der Waals surface area contributed by atoms with Crippen LogP contribution in [0.5, 0.6) is 5.75 Å². The number of nitrogens with one attached hydrogen (secondary N) is 1. The normalized spacial score (nSPS) is 10.9. The zero-order chi connectivity index (χ0) is 21.0. The van der Waals surface area contributed by atoms with Gasteiger partial charge in [-0.3, -0.25) is 15.2 Å². The number of hydroxylamine groups is 2. The molecule has 0 aliphatic rings. The van der Waals surface area contributed by atoms with E-state index < -0.39 is 21.7 Å². The maximum atomic E-state index is 12.7. The molecule has 0 radical (unpaired) electrons. The van der Waals surface area contributed by atoms with Crippen LogP contribution in [0.2, 0.25) is 0 Å². The van der Waals surface area contributed by atoms with Gasteiger partial charge in [-0.1, -0.05) is 18.2 Å². The van der Waals surface area contributed by atoms with E-state index in [0.717, 1.165) is 17.4 Å². The van der Waals surface area contributed by atoms with Gasteiger partial charge in [0.2, 0.25) is 5.96 Å². The predicted octanol–water partition coefficient (Wildman–Crippen LogP) is 2.48. The third-order valence-electron chi connectivity index (χ3n) is 3.98. The summed E-state index contributed by atoms with van der Waals surface area (Å²) < 4.78 is 23.4. The van der Waals surface area contributed by atoms with E-state index in [1.165, 1.54) is 24.3 Å². The first-order valence-corrected chi connectivity index (χ1v) is 10.3. The Bertz CT molecular complexity index is 1150. The van der Waals surface area contributed by atoms with E-state index in [0.29, 0.717) is 5.06 Å². The van der Waals surface area contributed by atoms with Crippen molar-refractivity contribution in [1.82, 2.24) is 10.0 Å². The molecule has 3 rings (SSSR count). The summed E-state index contributed by atoms with van der Waals surface area (Å²) in [6.07, 6.45) is 4.40. The quantitative estimate of drug-likeness (QED) is 0.378. The van der Waals surface area contributed by atoms with E-state index in [1.54, 1.807) is 36.7 Å². The molecule has 0 aliphatic carbocycles. The molecule has 0 spiro atoms. The van der Waals surface area contributed by atoms with E-state index in [9.17, 15) is 13.2 Å². The van der Waals surface area contributed by atoms with Crippen LogP contribution in [0, 0.1) is 5.41 Å². The van der Waals surface area contributed by atoms with E-state index in [2.05, 4.69) is 4.98 Å². The van der Waals surface area contributed by atoms with Crippen molar-refractivity contribution >= 4 is 21.7 Å². The van der Waals surface area contributed by atoms with Gasteiger partial charge in [0, 0.05) is 24.2 Å². The Morgan fingerprint density at radius 3 is 2.24 bits per heavy atom. The second-order valence-electron chi connectivity index (χ2n) is 6.14. The molecule has 29 heavy (non-hydrogen) atoms. The molecule has 0 bridgehead atoms. The van der Waals surface area contributed by atoms with Gasteiger partial charge in [-0.15, -0.1) is 5.06 Å². The molecule has 2 aromatic carbocycles. The number of guanidine groups is 1. The number of amides is 1. The molecule has 148 valence electrons. The molecule has 9 heteroatoms. The van der Waals surface area contributed by atoms with Gasteiger partial charge < -0.3 is 10.6 Å². The number of aromatic nitrogens is 1. The lowest BCUT2D eigenvalue weighted by Gasteiger charge is -2.20. The molecule has 0 unspecified atom stereocenters. The number of pyridine rings is 1. The van der Waals surface area contributed by atoms with Gasteiger partial charge in [0.1, 0.15) is 0 Å². The number of hydrogen-bond donors (Lipinski definition) is 2. The highest BCUT2D eigenvalue weighted by atomic mass is 32.2. The number of rotatable bonds is 5. The molecule has 0 atom stereocenters. The third kappa shape index (κ3) is 4.77. The summed E-state index contributed by atoms with van der Waals surface area (Å²) in [5.41, 5.74) is 7.41. The predicted molar refractivity (Wildman–Crippen MR) is 108 cm³/mol. The molecule has 0 saturated carbocycles. The molecule has 0 aliphatic heterocycles. The molecule has 1 aromatic heterocycles. The molecule has 3 N–H and O–H groups in total. The van der Waals surface area contributed by atoms with Crippen molar-refractivity contribution in [2.75, 3.05) is 6.26 Å². The minimum absolute atomic E-state index is 0.0199. The average Bonchev–Trinajstić information content (AvgIpc) is 2.72. The van der Waals surface area contributed by atoms with Gasteiger partial charge in [0.05, 0.1) is 4.90 Å². The van der Waals surface area contributed by atoms with E-state index in [-0.39, 0.29) is 16.2 Å². The van der Waals surface area contributed by atoms with Crippen molar-refractivity contribution < 1.29 is 18.0 Å². The molecule has 8 nitrogen and oxygen atoms in total. The Morgan fingerprint density at radius 2 is 1.66 bits per heavy atom. The van der Waals surface area contributed by atoms with Crippen molar-refractivity contribution in [2.45, 2.75) is 4.90 Å². The summed E-state index contributed by atoms with van der Waals surface area (Å²) in [6.45, 7) is 0. The van der Waals surface area contributed by atoms with E-state index in [4.69, 9.17) is 16.0 Å². The molecular weight excluding hydrogens is 392 g/mol. The van der Waals surface area contributed by atoms with Crippen LogP contribution in [0.4, 0.5) is 0 Å². The largest absolute Gasteiger partial charge is 0.369 e. The fourth-order valence-electron chi connectivity index (χ4n) is 2.54. The number of benzene rings is 2. The summed E-state index contributed by atoms with van der Waals surface area (Å²) in [7, 11) is -3.50. The summed E-state index contributed by atoms with van der Waals surface area (Å²) in [4.78, 5) is 22.2. The minimum Gasteiger partial charge on any atom is -0.369 e.